The highest BCUT2D eigenvalue weighted by Gasteiger charge is 2.39. The van der Waals surface area contributed by atoms with Crippen molar-refractivity contribution >= 4 is 40.7 Å². The molecular formula is C29H28ClN3O5. The molecule has 0 saturated heterocycles. The first-order valence-electron chi connectivity index (χ1n) is 12.0. The first kappa shape index (κ1) is 26.8. The largest absolute Gasteiger partial charge is 0.493 e. The number of methoxy groups -OCH3 is 2. The zero-order valence-corrected chi connectivity index (χ0v) is 22.3. The molecule has 3 amide bonds. The Morgan fingerprint density at radius 1 is 0.921 bits per heavy atom. The smallest absolute Gasteiger partial charge is 0.283 e. The number of hydrogen-bond acceptors (Lipinski definition) is 6. The number of nitrogens with one attached hydrogen (secondary N) is 2. The van der Waals surface area contributed by atoms with E-state index in [1.54, 1.807) is 50.6 Å². The molecule has 0 saturated carbocycles. The lowest BCUT2D eigenvalue weighted by Crippen LogP contribution is -2.33. The van der Waals surface area contributed by atoms with Crippen molar-refractivity contribution in [2.24, 2.45) is 0 Å². The van der Waals surface area contributed by atoms with E-state index in [4.69, 9.17) is 21.1 Å². The second-order valence-electron chi connectivity index (χ2n) is 8.75. The minimum Gasteiger partial charge on any atom is -0.493 e. The molecule has 8 nitrogen and oxygen atoms in total. The Balaban J connectivity index is 1.38. The van der Waals surface area contributed by atoms with Gasteiger partial charge in [-0.1, -0.05) is 29.8 Å². The van der Waals surface area contributed by atoms with Crippen LogP contribution in [0.15, 0.2) is 71.4 Å². The number of hydrogen-bond donors (Lipinski definition) is 2. The molecule has 0 spiro atoms. The van der Waals surface area contributed by atoms with Gasteiger partial charge in [-0.2, -0.15) is 0 Å². The Bertz CT molecular complexity index is 1430. The number of aryl methyl sites for hydroxylation is 1. The number of anilines is 2. The predicted octanol–water partition coefficient (Wildman–Crippen LogP) is 4.73. The molecule has 2 N–H and O–H groups in total. The number of nitrogens with zero attached hydrogens (tertiary/aromatic N) is 1. The maximum absolute atomic E-state index is 13.1. The molecule has 9 heteroatoms. The number of carbonyl (C=O) groups excluding carboxylic acids is 3. The number of amides is 3. The fourth-order valence-corrected chi connectivity index (χ4v) is 4.33. The van der Waals surface area contributed by atoms with Crippen molar-refractivity contribution in [2.45, 2.75) is 20.3 Å². The molecule has 0 atom stereocenters. The fourth-order valence-electron chi connectivity index (χ4n) is 4.12. The predicted molar refractivity (Wildman–Crippen MR) is 147 cm³/mol. The number of benzene rings is 3. The minimum absolute atomic E-state index is 0.00954. The first-order chi connectivity index (χ1) is 18.2. The van der Waals surface area contributed by atoms with E-state index in [0.29, 0.717) is 41.4 Å². The van der Waals surface area contributed by atoms with E-state index < -0.39 is 11.8 Å². The molecule has 1 heterocycles. The van der Waals surface area contributed by atoms with Gasteiger partial charge in [0.25, 0.3) is 17.7 Å². The van der Waals surface area contributed by atoms with Gasteiger partial charge in [0.1, 0.15) is 10.7 Å². The van der Waals surface area contributed by atoms with Crippen molar-refractivity contribution in [3.05, 3.63) is 93.6 Å². The van der Waals surface area contributed by atoms with Crippen LogP contribution in [0.3, 0.4) is 0 Å². The molecule has 1 aliphatic rings. The van der Waals surface area contributed by atoms with Crippen LogP contribution < -0.4 is 25.0 Å². The van der Waals surface area contributed by atoms with Crippen LogP contribution in [-0.2, 0) is 16.0 Å². The third-order valence-corrected chi connectivity index (χ3v) is 6.76. The average molecular weight is 534 g/mol. The third kappa shape index (κ3) is 5.35. The second kappa shape index (κ2) is 11.4. The van der Waals surface area contributed by atoms with E-state index in [-0.39, 0.29) is 16.6 Å². The number of ether oxygens (including phenoxy) is 2. The number of halogens is 1. The second-order valence-corrected chi connectivity index (χ2v) is 9.13. The molecule has 3 aromatic rings. The van der Waals surface area contributed by atoms with E-state index >= 15 is 0 Å². The van der Waals surface area contributed by atoms with Crippen LogP contribution in [0, 0.1) is 13.8 Å². The summed E-state index contributed by atoms with van der Waals surface area (Å²) in [6.45, 7) is 4.19. The summed E-state index contributed by atoms with van der Waals surface area (Å²) < 4.78 is 10.6. The zero-order valence-electron chi connectivity index (χ0n) is 21.6. The normalized spacial score (nSPS) is 13.1. The minimum atomic E-state index is -0.585. The summed E-state index contributed by atoms with van der Waals surface area (Å²) in [7, 11) is 3.16. The number of carbonyl (C=O) groups is 3. The van der Waals surface area contributed by atoms with Gasteiger partial charge in [0.2, 0.25) is 0 Å². The Hall–Kier alpha value is -4.30. The van der Waals surface area contributed by atoms with E-state index in [0.717, 1.165) is 21.6 Å². The molecule has 0 bridgehead atoms. The Labute approximate surface area is 226 Å². The molecule has 4 rings (SSSR count). The van der Waals surface area contributed by atoms with Crippen LogP contribution in [0.2, 0.25) is 0 Å². The summed E-state index contributed by atoms with van der Waals surface area (Å²) in [4.78, 5) is 39.6. The van der Waals surface area contributed by atoms with Crippen LogP contribution in [0.4, 0.5) is 11.4 Å². The van der Waals surface area contributed by atoms with E-state index in [2.05, 4.69) is 10.6 Å². The highest BCUT2D eigenvalue weighted by Crippen LogP contribution is 2.33. The summed E-state index contributed by atoms with van der Waals surface area (Å²) >= 11 is 6.26. The molecule has 0 aliphatic carbocycles. The molecule has 1 aliphatic heterocycles. The van der Waals surface area contributed by atoms with Gasteiger partial charge in [-0.15, -0.1) is 0 Å². The van der Waals surface area contributed by atoms with Gasteiger partial charge in [-0.05, 0) is 79.4 Å². The molecule has 0 unspecified atom stereocenters. The first-order valence-corrected chi connectivity index (χ1v) is 12.3. The van der Waals surface area contributed by atoms with Gasteiger partial charge >= 0.3 is 0 Å². The molecule has 0 aromatic heterocycles. The number of rotatable bonds is 9. The summed E-state index contributed by atoms with van der Waals surface area (Å²) in [5, 5.41) is 5.64. The van der Waals surface area contributed by atoms with Gasteiger partial charge < -0.3 is 20.1 Å². The molecule has 38 heavy (non-hydrogen) atoms. The van der Waals surface area contributed by atoms with Crippen molar-refractivity contribution < 1.29 is 23.9 Å². The lowest BCUT2D eigenvalue weighted by molar-refractivity contribution is -0.120. The van der Waals surface area contributed by atoms with Gasteiger partial charge in [0.15, 0.2) is 11.5 Å². The lowest BCUT2D eigenvalue weighted by Gasteiger charge is -2.18. The molecule has 196 valence electrons. The van der Waals surface area contributed by atoms with Gasteiger partial charge in [0.05, 0.1) is 19.9 Å². The summed E-state index contributed by atoms with van der Waals surface area (Å²) in [5.74, 6) is -0.0755. The Morgan fingerprint density at radius 2 is 1.63 bits per heavy atom. The average Bonchev–Trinajstić information content (AvgIpc) is 3.13. The van der Waals surface area contributed by atoms with Crippen molar-refractivity contribution in [1.29, 1.82) is 0 Å². The fraction of sp³-hybridized carbons (Fsp3) is 0.207. The van der Waals surface area contributed by atoms with Crippen LogP contribution in [-0.4, -0.2) is 38.5 Å². The van der Waals surface area contributed by atoms with Crippen molar-refractivity contribution in [3.8, 4) is 11.5 Å². The van der Waals surface area contributed by atoms with Crippen LogP contribution in [0.5, 0.6) is 11.5 Å². The number of imide groups is 1. The van der Waals surface area contributed by atoms with Gasteiger partial charge in [-0.25, -0.2) is 4.90 Å². The Kier molecular flexibility index (Phi) is 8.02. The zero-order chi connectivity index (χ0) is 27.4. The standard InChI is InChI=1S/C29H28ClN3O5/c1-17-6-5-7-22(18(17)2)33-28(35)25(30)26(29(33)36)32-21-11-9-20(10-12-21)27(34)31-15-14-19-8-13-23(37-3)24(16-19)38-4/h5-13,16,32H,14-15H2,1-4H3,(H,31,34). The van der Waals surface area contributed by atoms with E-state index in [1.807, 2.05) is 38.1 Å². The molecular weight excluding hydrogens is 506 g/mol. The van der Waals surface area contributed by atoms with Crippen molar-refractivity contribution in [3.63, 3.8) is 0 Å². The quantitative estimate of drug-likeness (QED) is 0.386. The Morgan fingerprint density at radius 3 is 2.32 bits per heavy atom. The third-order valence-electron chi connectivity index (χ3n) is 6.41. The lowest BCUT2D eigenvalue weighted by atomic mass is 10.1. The van der Waals surface area contributed by atoms with Crippen LogP contribution in [0.25, 0.3) is 0 Å². The summed E-state index contributed by atoms with van der Waals surface area (Å²) in [6, 6.07) is 17.6. The maximum Gasteiger partial charge on any atom is 0.283 e. The highest BCUT2D eigenvalue weighted by atomic mass is 35.5. The summed E-state index contributed by atoms with van der Waals surface area (Å²) in [6.07, 6.45) is 0.617. The SMILES string of the molecule is COc1ccc(CCNC(=O)c2ccc(NC3=C(Cl)C(=O)N(c4cccc(C)c4C)C3=O)cc2)cc1OC. The topological polar surface area (TPSA) is 97.0 Å². The molecule has 0 radical (unpaired) electrons. The van der Waals surface area contributed by atoms with Crippen molar-refractivity contribution in [2.75, 3.05) is 31.0 Å². The summed E-state index contributed by atoms with van der Waals surface area (Å²) in [5.41, 5.74) is 4.23. The van der Waals surface area contributed by atoms with Crippen LogP contribution >= 0.6 is 11.6 Å². The van der Waals surface area contributed by atoms with E-state index in [9.17, 15) is 14.4 Å². The van der Waals surface area contributed by atoms with E-state index in [1.165, 1.54) is 0 Å². The van der Waals surface area contributed by atoms with Gasteiger partial charge in [0, 0.05) is 17.8 Å². The molecule has 3 aromatic carbocycles. The van der Waals surface area contributed by atoms with Crippen LogP contribution in [0.1, 0.15) is 27.0 Å². The highest BCUT2D eigenvalue weighted by molar-refractivity contribution is 6.53. The van der Waals surface area contributed by atoms with Gasteiger partial charge in [-0.3, -0.25) is 14.4 Å². The van der Waals surface area contributed by atoms with Crippen molar-refractivity contribution in [1.82, 2.24) is 5.32 Å². The maximum atomic E-state index is 13.1. The molecule has 0 fully saturated rings. The monoisotopic (exact) mass is 533 g/mol.